The summed E-state index contributed by atoms with van der Waals surface area (Å²) in [6.07, 6.45) is 8.58. The first-order valence-electron chi connectivity index (χ1n) is 16.0. The van der Waals surface area contributed by atoms with Crippen LogP contribution in [0.3, 0.4) is 0 Å². The van der Waals surface area contributed by atoms with Crippen LogP contribution in [0.25, 0.3) is 99.1 Å². The van der Waals surface area contributed by atoms with Crippen molar-refractivity contribution in [3.63, 3.8) is 0 Å². The second-order valence-corrected chi connectivity index (χ2v) is 12.7. The van der Waals surface area contributed by atoms with Gasteiger partial charge in [-0.15, -0.1) is 0 Å². The number of pyridine rings is 1. The van der Waals surface area contributed by atoms with Crippen LogP contribution in [-0.2, 0) is 6.42 Å². The van der Waals surface area contributed by atoms with Crippen molar-refractivity contribution in [2.24, 2.45) is 0 Å². The molecule has 0 saturated carbocycles. The Kier molecular flexibility index (Phi) is 4.68. The van der Waals surface area contributed by atoms with Crippen molar-refractivity contribution in [1.82, 2.24) is 9.38 Å². The molecule has 3 heteroatoms. The highest BCUT2D eigenvalue weighted by molar-refractivity contribution is 6.30. The Hall–Kier alpha value is -5.93. The van der Waals surface area contributed by atoms with Crippen LogP contribution in [0, 0.1) is 0 Å². The van der Waals surface area contributed by atoms with Crippen LogP contribution in [-0.4, -0.2) is 9.38 Å². The van der Waals surface area contributed by atoms with Gasteiger partial charge < -0.3 is 4.42 Å². The Morgan fingerprint density at radius 3 is 2.26 bits per heavy atom. The van der Waals surface area contributed by atoms with Gasteiger partial charge in [-0.25, -0.2) is 0 Å². The molecule has 0 N–H and O–H groups in total. The third-order valence-corrected chi connectivity index (χ3v) is 10.2. The van der Waals surface area contributed by atoms with Crippen LogP contribution >= 0.6 is 0 Å². The molecule has 1 aliphatic carbocycles. The fourth-order valence-corrected chi connectivity index (χ4v) is 8.10. The van der Waals surface area contributed by atoms with E-state index in [4.69, 9.17) is 4.42 Å². The maximum absolute atomic E-state index is 6.93. The highest BCUT2D eigenvalue weighted by Gasteiger charge is 2.27. The predicted molar refractivity (Wildman–Crippen MR) is 192 cm³/mol. The average molecular weight is 587 g/mol. The molecule has 0 amide bonds. The fraction of sp³-hybridized carbons (Fsp3) is 0.0465. The Labute approximate surface area is 264 Å². The molecule has 0 spiro atoms. The van der Waals surface area contributed by atoms with Crippen molar-refractivity contribution >= 4 is 76.8 Å². The maximum atomic E-state index is 6.93. The Morgan fingerprint density at radius 2 is 1.35 bits per heavy atom. The molecule has 0 saturated heterocycles. The third kappa shape index (κ3) is 3.19. The minimum atomic E-state index is 0.952. The van der Waals surface area contributed by atoms with Gasteiger partial charge in [0.2, 0.25) is 5.71 Å². The van der Waals surface area contributed by atoms with Gasteiger partial charge in [-0.05, 0) is 111 Å². The van der Waals surface area contributed by atoms with Gasteiger partial charge in [0.25, 0.3) is 0 Å². The van der Waals surface area contributed by atoms with Crippen LogP contribution in [0.1, 0.15) is 17.7 Å². The number of aromatic nitrogens is 2. The van der Waals surface area contributed by atoms with E-state index in [1.165, 1.54) is 76.4 Å². The number of allylic oxidation sites excluding steroid dienone is 1. The van der Waals surface area contributed by atoms with Gasteiger partial charge in [0.05, 0.1) is 22.3 Å². The lowest BCUT2D eigenvalue weighted by Gasteiger charge is -2.08. The molecule has 11 rings (SSSR count). The zero-order valence-corrected chi connectivity index (χ0v) is 24.9. The van der Waals surface area contributed by atoms with E-state index in [-0.39, 0.29) is 0 Å². The van der Waals surface area contributed by atoms with E-state index < -0.39 is 0 Å². The Balaban J connectivity index is 1.12. The summed E-state index contributed by atoms with van der Waals surface area (Å²) in [6.45, 7) is 0. The van der Waals surface area contributed by atoms with E-state index >= 15 is 0 Å². The number of furan rings is 1. The van der Waals surface area contributed by atoms with Crippen LogP contribution in [0.4, 0.5) is 0 Å². The third-order valence-electron chi connectivity index (χ3n) is 10.2. The van der Waals surface area contributed by atoms with Crippen LogP contribution < -0.4 is 0 Å². The van der Waals surface area contributed by atoms with Crippen molar-refractivity contribution in [2.75, 3.05) is 0 Å². The first-order valence-corrected chi connectivity index (χ1v) is 16.0. The van der Waals surface area contributed by atoms with Gasteiger partial charge in [0, 0.05) is 33.3 Å². The molecule has 1 aliphatic rings. The zero-order valence-electron chi connectivity index (χ0n) is 24.9. The molecule has 6 aromatic carbocycles. The number of benzene rings is 6. The van der Waals surface area contributed by atoms with Gasteiger partial charge in [-0.1, -0.05) is 72.8 Å². The van der Waals surface area contributed by atoms with Crippen molar-refractivity contribution in [1.29, 1.82) is 0 Å². The van der Waals surface area contributed by atoms with Crippen molar-refractivity contribution in [3.05, 3.63) is 139 Å². The summed E-state index contributed by atoms with van der Waals surface area (Å²) >= 11 is 0. The highest BCUT2D eigenvalue weighted by Crippen LogP contribution is 2.47. The number of nitrogens with zero attached hydrogens (tertiary/aromatic N) is 2. The Morgan fingerprint density at radius 1 is 0.587 bits per heavy atom. The number of fused-ring (bicyclic) bond motifs is 13. The summed E-state index contributed by atoms with van der Waals surface area (Å²) in [5.41, 5.74) is 10.4. The predicted octanol–water partition coefficient (Wildman–Crippen LogP) is 11.6. The second-order valence-electron chi connectivity index (χ2n) is 12.7. The maximum Gasteiger partial charge on any atom is 0.213 e. The smallest absolute Gasteiger partial charge is 0.213 e. The van der Waals surface area contributed by atoms with E-state index in [0.29, 0.717) is 0 Å². The number of hydrogen-bond donors (Lipinski definition) is 0. The van der Waals surface area contributed by atoms with Gasteiger partial charge in [-0.3, -0.25) is 9.38 Å². The Bertz CT molecular complexity index is 2910. The molecule has 46 heavy (non-hydrogen) atoms. The molecule has 10 aromatic rings. The lowest BCUT2D eigenvalue weighted by Crippen LogP contribution is -1.93. The first kappa shape index (κ1) is 24.4. The summed E-state index contributed by atoms with van der Waals surface area (Å²) in [7, 11) is 0. The highest BCUT2D eigenvalue weighted by atomic mass is 16.3. The normalized spacial score (nSPS) is 13.4. The lowest BCUT2D eigenvalue weighted by atomic mass is 9.94. The summed E-state index contributed by atoms with van der Waals surface area (Å²) < 4.78 is 9.32. The summed E-state index contributed by atoms with van der Waals surface area (Å²) in [5.74, 6) is 0. The van der Waals surface area contributed by atoms with E-state index in [1.807, 2.05) is 18.3 Å². The average Bonchev–Trinajstić information content (AvgIpc) is 3.77. The molecule has 0 unspecified atom stereocenters. The van der Waals surface area contributed by atoms with Gasteiger partial charge >= 0.3 is 0 Å². The van der Waals surface area contributed by atoms with Crippen LogP contribution in [0.2, 0.25) is 0 Å². The molecular formula is C43H26N2O. The monoisotopic (exact) mass is 586 g/mol. The molecule has 0 aliphatic heterocycles. The molecule has 0 radical (unpaired) electrons. The van der Waals surface area contributed by atoms with E-state index in [9.17, 15) is 0 Å². The van der Waals surface area contributed by atoms with Crippen molar-refractivity contribution in [2.45, 2.75) is 12.8 Å². The SMILES string of the molecule is C1=Cc2c(c3c4ccccc4cc4c5c6ccc7cc(-c8ccc9ccc(-c%10ccccn%10)cc9c8)ccc7c6oc5n2c43)CC1. The molecular weight excluding hydrogens is 560 g/mol. The number of aryl methyl sites for hydroxylation is 1. The fourth-order valence-electron chi connectivity index (χ4n) is 8.10. The summed E-state index contributed by atoms with van der Waals surface area (Å²) in [5, 5.41) is 12.4. The van der Waals surface area contributed by atoms with E-state index in [0.717, 1.165) is 40.8 Å². The van der Waals surface area contributed by atoms with Crippen LogP contribution in [0.15, 0.2) is 132 Å². The molecule has 4 aromatic heterocycles. The van der Waals surface area contributed by atoms with Crippen molar-refractivity contribution in [3.8, 4) is 22.4 Å². The molecule has 0 bridgehead atoms. The van der Waals surface area contributed by atoms with Gasteiger partial charge in [0.15, 0.2) is 0 Å². The number of hydrogen-bond acceptors (Lipinski definition) is 2. The largest absolute Gasteiger partial charge is 0.438 e. The summed E-state index contributed by atoms with van der Waals surface area (Å²) in [4.78, 5) is 4.55. The standard InChI is InChI=1S/C43H26N2O/c1-2-8-32-28(7-1)24-36-40-35-19-17-29-21-27(26-14-12-25-13-15-30(23-31(25)22-26)37-10-5-6-20-44-37)16-18-33(29)42(35)46-43(40)45-38-11-4-3-9-34(38)39(32)41(36)45/h1-2,4-8,10-24H,3,9H2. The van der Waals surface area contributed by atoms with E-state index in [2.05, 4.69) is 125 Å². The van der Waals surface area contributed by atoms with Crippen LogP contribution in [0.5, 0.6) is 0 Å². The van der Waals surface area contributed by atoms with Gasteiger partial charge in [0.1, 0.15) is 5.58 Å². The second kappa shape index (κ2) is 8.83. The molecule has 214 valence electrons. The quantitative estimate of drug-likeness (QED) is 0.202. The molecule has 0 atom stereocenters. The minimum Gasteiger partial charge on any atom is -0.438 e. The topological polar surface area (TPSA) is 30.4 Å². The lowest BCUT2D eigenvalue weighted by molar-refractivity contribution is 0.652. The summed E-state index contributed by atoms with van der Waals surface area (Å²) in [6, 6.07) is 41.8. The molecule has 4 heterocycles. The molecule has 0 fully saturated rings. The first-order chi connectivity index (χ1) is 22.8. The zero-order chi connectivity index (χ0) is 29.9. The van der Waals surface area contributed by atoms with E-state index in [1.54, 1.807) is 0 Å². The molecule has 3 nitrogen and oxygen atoms in total. The van der Waals surface area contributed by atoms with Gasteiger partial charge in [-0.2, -0.15) is 0 Å². The number of rotatable bonds is 2. The minimum absolute atomic E-state index is 0.952. The van der Waals surface area contributed by atoms with Crippen molar-refractivity contribution < 1.29 is 4.42 Å².